The molecule has 4 N–H and O–H groups in total. The number of likely N-dealkylation sites (tertiary alicyclic amines) is 1. The highest BCUT2D eigenvalue weighted by Crippen LogP contribution is 2.35. The van der Waals surface area contributed by atoms with Gasteiger partial charge in [0.25, 0.3) is 5.91 Å². The van der Waals surface area contributed by atoms with Gasteiger partial charge in [0, 0.05) is 26.7 Å². The van der Waals surface area contributed by atoms with E-state index in [0.717, 1.165) is 12.8 Å². The Hall–Kier alpha value is -3.64. The van der Waals surface area contributed by atoms with Gasteiger partial charge in [-0.1, -0.05) is 74.3 Å². The van der Waals surface area contributed by atoms with Crippen LogP contribution in [0.1, 0.15) is 81.1 Å². The molecule has 1 saturated heterocycles. The predicted molar refractivity (Wildman–Crippen MR) is 179 cm³/mol. The molecule has 13 heteroatoms. The first-order valence-corrected chi connectivity index (χ1v) is 16.6. The Morgan fingerprint density at radius 3 is 2.06 bits per heavy atom. The molecule has 2 aliphatic rings. The van der Waals surface area contributed by atoms with Crippen LogP contribution in [-0.4, -0.2) is 103 Å². The number of methoxy groups -OCH3 is 1. The number of urea groups is 1. The fourth-order valence-electron chi connectivity index (χ4n) is 5.87. The molecule has 1 heterocycles. The third kappa shape index (κ3) is 11.2. The molecule has 2 rings (SSSR count). The number of Topliss-reactive ketones (excluding diaryl/α,β-unsaturated/α-hetero) is 1. The largest absolute Gasteiger partial charge is 0.453 e. The van der Waals surface area contributed by atoms with E-state index in [-0.39, 0.29) is 30.8 Å². The summed E-state index contributed by atoms with van der Waals surface area (Å²) < 4.78 is 4.80. The predicted octanol–water partition coefficient (Wildman–Crippen LogP) is 2.84. The average molecular weight is 663 g/mol. The molecule has 0 aromatic rings. The summed E-state index contributed by atoms with van der Waals surface area (Å²) in [4.78, 5) is 82.4. The SMILES string of the molecule is C=CCNC(=O)C(=O)C(CC1CC1)NC(=O)[C@@H]1[C@@H](C(C)C)CCN1C(=O)[C@@H](NC(=O)N[C@H](CN(C)C(=O)OC)C(C)(C)C)C(C)(C)C. The van der Waals surface area contributed by atoms with Crippen molar-refractivity contribution in [1.29, 1.82) is 0 Å². The quantitative estimate of drug-likeness (QED) is 0.164. The standard InChI is InChI=1S/C34H58N6O7/c1-12-16-35-29(43)26(41)23(18-21-13-14-21)36-28(42)25-22(20(2)3)15-17-40(25)30(44)27(34(7,8)9)38-31(45)37-24(33(4,5)6)19-39(10)32(46)47-11/h12,20-25,27H,1,13-19H2,2-11H3,(H,35,43)(H,36,42)(H2,37,38,45)/t22-,23?,24-,25+,27-/m1/s1. The molecule has 0 aromatic heterocycles. The van der Waals surface area contributed by atoms with E-state index in [1.54, 1.807) is 7.05 Å². The molecule has 1 aliphatic heterocycles. The number of carbonyl (C=O) groups excluding carboxylic acids is 6. The molecule has 1 saturated carbocycles. The third-order valence-electron chi connectivity index (χ3n) is 9.06. The third-order valence-corrected chi connectivity index (χ3v) is 9.06. The molecular formula is C34H58N6O7. The lowest BCUT2D eigenvalue weighted by molar-refractivity contribution is -0.144. The van der Waals surface area contributed by atoms with E-state index in [1.165, 1.54) is 23.0 Å². The molecule has 0 spiro atoms. The molecule has 13 nitrogen and oxygen atoms in total. The second kappa shape index (κ2) is 16.5. The van der Waals surface area contributed by atoms with Crippen molar-refractivity contribution in [3.05, 3.63) is 12.7 Å². The van der Waals surface area contributed by atoms with Crippen molar-refractivity contribution in [2.24, 2.45) is 28.6 Å². The van der Waals surface area contributed by atoms with Crippen LogP contribution in [0.3, 0.4) is 0 Å². The van der Waals surface area contributed by atoms with E-state index >= 15 is 0 Å². The Balaban J connectivity index is 2.32. The molecule has 0 bridgehead atoms. The lowest BCUT2D eigenvalue weighted by atomic mass is 9.84. The zero-order chi connectivity index (χ0) is 35.9. The van der Waals surface area contributed by atoms with Crippen LogP contribution in [0.25, 0.3) is 0 Å². The Labute approximate surface area is 280 Å². The van der Waals surface area contributed by atoms with Crippen molar-refractivity contribution in [2.45, 2.75) is 105 Å². The zero-order valence-corrected chi connectivity index (χ0v) is 30.0. The number of amides is 6. The molecule has 266 valence electrons. The molecule has 1 aliphatic carbocycles. The van der Waals surface area contributed by atoms with Gasteiger partial charge in [0.05, 0.1) is 19.2 Å². The topological polar surface area (TPSA) is 166 Å². The molecule has 0 aromatic carbocycles. The number of hydrogen-bond donors (Lipinski definition) is 4. The van der Waals surface area contributed by atoms with Crippen molar-refractivity contribution in [1.82, 2.24) is 31.1 Å². The summed E-state index contributed by atoms with van der Waals surface area (Å²) in [6, 6.07) is -3.97. The highest BCUT2D eigenvalue weighted by molar-refractivity contribution is 6.38. The van der Waals surface area contributed by atoms with Crippen molar-refractivity contribution in [3.63, 3.8) is 0 Å². The molecule has 6 amide bonds. The normalized spacial score (nSPS) is 20.0. The summed E-state index contributed by atoms with van der Waals surface area (Å²) in [5.41, 5.74) is -1.18. The van der Waals surface area contributed by atoms with E-state index in [1.807, 2.05) is 55.4 Å². The summed E-state index contributed by atoms with van der Waals surface area (Å²) in [6.07, 6.45) is 3.70. The lowest BCUT2D eigenvalue weighted by Crippen LogP contribution is -2.62. The number of likely N-dealkylation sites (N-methyl/N-ethyl adjacent to an activating group) is 1. The first kappa shape index (κ1) is 39.5. The summed E-state index contributed by atoms with van der Waals surface area (Å²) >= 11 is 0. The van der Waals surface area contributed by atoms with Crippen molar-refractivity contribution >= 4 is 35.6 Å². The van der Waals surface area contributed by atoms with Crippen LogP contribution in [-0.2, 0) is 23.9 Å². The van der Waals surface area contributed by atoms with Crippen LogP contribution in [0.15, 0.2) is 12.7 Å². The number of nitrogens with zero attached hydrogens (tertiary/aromatic N) is 2. The van der Waals surface area contributed by atoms with E-state index in [2.05, 4.69) is 27.8 Å². The Bertz CT molecular complexity index is 1170. The summed E-state index contributed by atoms with van der Waals surface area (Å²) in [5, 5.41) is 11.1. The fraction of sp³-hybridized carbons (Fsp3) is 0.765. The van der Waals surface area contributed by atoms with Crippen LogP contribution in [0.4, 0.5) is 9.59 Å². The second-order valence-electron chi connectivity index (χ2n) is 15.5. The first-order chi connectivity index (χ1) is 21.7. The van der Waals surface area contributed by atoms with Crippen LogP contribution < -0.4 is 21.3 Å². The Morgan fingerprint density at radius 1 is 0.957 bits per heavy atom. The van der Waals surface area contributed by atoms with Gasteiger partial charge in [-0.3, -0.25) is 19.2 Å². The van der Waals surface area contributed by atoms with Gasteiger partial charge < -0.3 is 35.8 Å². The number of ether oxygens (including phenoxy) is 1. The van der Waals surface area contributed by atoms with Gasteiger partial charge in [-0.2, -0.15) is 0 Å². The average Bonchev–Trinajstić information content (AvgIpc) is 3.68. The minimum atomic E-state index is -1.01. The fourth-order valence-corrected chi connectivity index (χ4v) is 5.87. The maximum atomic E-state index is 14.3. The molecule has 1 unspecified atom stereocenters. The van der Waals surface area contributed by atoms with Gasteiger partial charge >= 0.3 is 12.1 Å². The molecule has 2 fully saturated rings. The zero-order valence-electron chi connectivity index (χ0n) is 30.0. The van der Waals surface area contributed by atoms with E-state index in [0.29, 0.717) is 19.4 Å². The minimum absolute atomic E-state index is 0.0423. The number of rotatable bonds is 14. The second-order valence-corrected chi connectivity index (χ2v) is 15.5. The van der Waals surface area contributed by atoms with Gasteiger partial charge in [-0.15, -0.1) is 6.58 Å². The monoisotopic (exact) mass is 662 g/mol. The van der Waals surface area contributed by atoms with E-state index < -0.39 is 70.6 Å². The number of ketones is 1. The number of carbonyl (C=O) groups is 6. The lowest BCUT2D eigenvalue weighted by Gasteiger charge is -2.38. The summed E-state index contributed by atoms with van der Waals surface area (Å²) in [7, 11) is 2.86. The molecular weight excluding hydrogens is 604 g/mol. The summed E-state index contributed by atoms with van der Waals surface area (Å²) in [6.45, 7) is 19.4. The van der Waals surface area contributed by atoms with Crippen LogP contribution in [0, 0.1) is 28.6 Å². The van der Waals surface area contributed by atoms with Crippen molar-refractivity contribution in [3.8, 4) is 0 Å². The number of hydrogen-bond acceptors (Lipinski definition) is 7. The first-order valence-electron chi connectivity index (χ1n) is 16.6. The van der Waals surface area contributed by atoms with Crippen molar-refractivity contribution in [2.75, 3.05) is 33.8 Å². The van der Waals surface area contributed by atoms with Crippen LogP contribution >= 0.6 is 0 Å². The van der Waals surface area contributed by atoms with E-state index in [9.17, 15) is 28.8 Å². The Kier molecular flexibility index (Phi) is 13.8. The Morgan fingerprint density at radius 2 is 1.57 bits per heavy atom. The van der Waals surface area contributed by atoms with E-state index in [4.69, 9.17) is 4.74 Å². The molecule has 47 heavy (non-hydrogen) atoms. The maximum Gasteiger partial charge on any atom is 0.409 e. The summed E-state index contributed by atoms with van der Waals surface area (Å²) in [5.74, 6) is -2.31. The van der Waals surface area contributed by atoms with Crippen LogP contribution in [0.2, 0.25) is 0 Å². The molecule has 0 radical (unpaired) electrons. The number of nitrogens with one attached hydrogen (secondary N) is 4. The minimum Gasteiger partial charge on any atom is -0.453 e. The highest BCUT2D eigenvalue weighted by atomic mass is 16.5. The van der Waals surface area contributed by atoms with Crippen LogP contribution in [0.5, 0.6) is 0 Å². The molecule has 5 atom stereocenters. The maximum absolute atomic E-state index is 14.3. The van der Waals surface area contributed by atoms with Gasteiger partial charge in [0.2, 0.25) is 17.6 Å². The smallest absolute Gasteiger partial charge is 0.409 e. The van der Waals surface area contributed by atoms with Gasteiger partial charge in [-0.05, 0) is 41.4 Å². The van der Waals surface area contributed by atoms with Gasteiger partial charge in [0.15, 0.2) is 0 Å². The van der Waals surface area contributed by atoms with Gasteiger partial charge in [0.1, 0.15) is 12.1 Å². The van der Waals surface area contributed by atoms with Crippen molar-refractivity contribution < 1.29 is 33.5 Å². The highest BCUT2D eigenvalue weighted by Gasteiger charge is 2.48. The van der Waals surface area contributed by atoms with Gasteiger partial charge in [-0.25, -0.2) is 9.59 Å².